The van der Waals surface area contributed by atoms with Crippen molar-refractivity contribution in [3.8, 4) is 0 Å². The lowest BCUT2D eigenvalue weighted by Gasteiger charge is -2.28. The molecule has 1 rings (SSSR count). The number of carbonyl (C=O) groups is 1. The zero-order chi connectivity index (χ0) is 10.1. The third-order valence-corrected chi connectivity index (χ3v) is 3.31. The van der Waals surface area contributed by atoms with Crippen molar-refractivity contribution in [2.45, 2.75) is 12.5 Å². The summed E-state index contributed by atoms with van der Waals surface area (Å²) in [5.41, 5.74) is 0. The van der Waals surface area contributed by atoms with Crippen LogP contribution >= 0.6 is 0 Å². The van der Waals surface area contributed by atoms with E-state index < -0.39 is 22.3 Å². The molecule has 1 unspecified atom stereocenters. The number of likely N-dealkylation sites (N-methyl/N-ethyl adjacent to an activating group) is 1. The van der Waals surface area contributed by atoms with Crippen molar-refractivity contribution in [2.75, 3.05) is 20.8 Å². The molecule has 1 atom stereocenters. The van der Waals surface area contributed by atoms with Crippen LogP contribution in [0.25, 0.3) is 0 Å². The van der Waals surface area contributed by atoms with E-state index in [1.54, 1.807) is 0 Å². The molecule has 13 heavy (non-hydrogen) atoms. The van der Waals surface area contributed by atoms with Gasteiger partial charge in [-0.15, -0.1) is 0 Å². The molecule has 1 heterocycles. The zero-order valence-electron chi connectivity index (χ0n) is 7.39. The predicted octanol–water partition coefficient (Wildman–Crippen LogP) is -0.875. The topological polar surface area (TPSA) is 72.9 Å². The Morgan fingerprint density at radius 1 is 1.62 bits per heavy atom. The summed E-state index contributed by atoms with van der Waals surface area (Å²) in [7, 11) is -1.22. The van der Waals surface area contributed by atoms with Gasteiger partial charge in [-0.3, -0.25) is 8.98 Å². The normalized spacial score (nSPS) is 28.3. The molecule has 1 saturated heterocycles. The van der Waals surface area contributed by atoms with E-state index in [9.17, 15) is 13.2 Å². The van der Waals surface area contributed by atoms with Crippen LogP contribution < -0.4 is 0 Å². The van der Waals surface area contributed by atoms with Crippen molar-refractivity contribution in [3.63, 3.8) is 0 Å². The van der Waals surface area contributed by atoms with E-state index in [0.717, 1.165) is 4.31 Å². The van der Waals surface area contributed by atoms with Gasteiger partial charge in [0.25, 0.3) is 0 Å². The molecule has 0 aliphatic carbocycles. The molecule has 1 aliphatic rings. The molecule has 0 aromatic rings. The van der Waals surface area contributed by atoms with Gasteiger partial charge in [-0.05, 0) is 6.42 Å². The van der Waals surface area contributed by atoms with Crippen molar-refractivity contribution in [1.29, 1.82) is 0 Å². The number of hydrogen-bond acceptors (Lipinski definition) is 5. The molecule has 6 nitrogen and oxygen atoms in total. The first-order valence-electron chi connectivity index (χ1n) is 3.69. The molecule has 7 heteroatoms. The molecule has 0 saturated carbocycles. The molecular formula is C6H11NO5S. The van der Waals surface area contributed by atoms with E-state index in [4.69, 9.17) is 0 Å². The number of methoxy groups -OCH3 is 1. The molecular weight excluding hydrogens is 198 g/mol. The summed E-state index contributed by atoms with van der Waals surface area (Å²) in [5.74, 6) is -0.561. The van der Waals surface area contributed by atoms with Gasteiger partial charge in [-0.25, -0.2) is 0 Å². The van der Waals surface area contributed by atoms with E-state index in [1.807, 2.05) is 0 Å². The molecule has 76 valence electrons. The van der Waals surface area contributed by atoms with Gasteiger partial charge >= 0.3 is 16.3 Å². The zero-order valence-corrected chi connectivity index (χ0v) is 8.20. The van der Waals surface area contributed by atoms with Crippen LogP contribution in [-0.4, -0.2) is 45.5 Å². The third kappa shape index (κ3) is 1.98. The number of rotatable bonds is 1. The Labute approximate surface area is 76.7 Å². The summed E-state index contributed by atoms with van der Waals surface area (Å²) in [5, 5.41) is 0. The summed E-state index contributed by atoms with van der Waals surface area (Å²) in [6.07, 6.45) is 0.322. The van der Waals surface area contributed by atoms with Crippen molar-refractivity contribution >= 4 is 16.3 Å². The molecule has 0 bridgehead atoms. The van der Waals surface area contributed by atoms with Gasteiger partial charge in [0.15, 0.2) is 0 Å². The van der Waals surface area contributed by atoms with E-state index >= 15 is 0 Å². The first-order valence-corrected chi connectivity index (χ1v) is 5.06. The Kier molecular flexibility index (Phi) is 2.89. The second-order valence-corrected chi connectivity index (χ2v) is 4.29. The van der Waals surface area contributed by atoms with E-state index in [-0.39, 0.29) is 6.61 Å². The standard InChI is InChI=1S/C6H11NO5S/c1-7-5(6(8)11-2)3-4-12-13(7,9)10/h5H,3-4H2,1-2H3. The van der Waals surface area contributed by atoms with Gasteiger partial charge in [0.2, 0.25) is 0 Å². The molecule has 1 aliphatic heterocycles. The summed E-state index contributed by atoms with van der Waals surface area (Å²) < 4.78 is 32.0. The lowest BCUT2D eigenvalue weighted by Crippen LogP contribution is -2.48. The lowest BCUT2D eigenvalue weighted by atomic mass is 10.2. The van der Waals surface area contributed by atoms with E-state index in [2.05, 4.69) is 8.92 Å². The van der Waals surface area contributed by atoms with Gasteiger partial charge in [0, 0.05) is 7.05 Å². The average molecular weight is 209 g/mol. The maximum absolute atomic E-state index is 11.1. The Balaban J connectivity index is 2.83. The molecule has 0 spiro atoms. The highest BCUT2D eigenvalue weighted by Crippen LogP contribution is 2.17. The van der Waals surface area contributed by atoms with Crippen molar-refractivity contribution in [1.82, 2.24) is 4.31 Å². The minimum absolute atomic E-state index is 0.0203. The first-order chi connectivity index (χ1) is 5.99. The number of hydrogen-bond donors (Lipinski definition) is 0. The Morgan fingerprint density at radius 2 is 2.23 bits per heavy atom. The monoisotopic (exact) mass is 209 g/mol. The SMILES string of the molecule is COC(=O)C1CCOS(=O)(=O)N1C. The van der Waals surface area contributed by atoms with Crippen LogP contribution in [0.15, 0.2) is 0 Å². The summed E-state index contributed by atoms with van der Waals surface area (Å²) in [4.78, 5) is 11.1. The fourth-order valence-electron chi connectivity index (χ4n) is 1.09. The summed E-state index contributed by atoms with van der Waals surface area (Å²) in [6, 6.07) is -0.760. The Hall–Kier alpha value is -0.660. The van der Waals surface area contributed by atoms with Crippen LogP contribution in [0.1, 0.15) is 6.42 Å². The van der Waals surface area contributed by atoms with Crippen LogP contribution in [0, 0.1) is 0 Å². The van der Waals surface area contributed by atoms with Crippen LogP contribution in [-0.2, 0) is 24.0 Å². The fraction of sp³-hybridized carbons (Fsp3) is 0.833. The van der Waals surface area contributed by atoms with Crippen LogP contribution in [0.2, 0.25) is 0 Å². The number of esters is 1. The Morgan fingerprint density at radius 3 is 2.77 bits per heavy atom. The second kappa shape index (κ2) is 3.60. The molecule has 0 amide bonds. The number of ether oxygens (including phenoxy) is 1. The van der Waals surface area contributed by atoms with Crippen LogP contribution in [0.4, 0.5) is 0 Å². The molecule has 0 radical (unpaired) electrons. The highest BCUT2D eigenvalue weighted by Gasteiger charge is 2.37. The lowest BCUT2D eigenvalue weighted by molar-refractivity contribution is -0.146. The molecule has 0 N–H and O–H groups in total. The second-order valence-electron chi connectivity index (χ2n) is 2.62. The Bertz CT molecular complexity index is 298. The van der Waals surface area contributed by atoms with Crippen LogP contribution in [0.3, 0.4) is 0 Å². The maximum atomic E-state index is 11.1. The highest BCUT2D eigenvalue weighted by molar-refractivity contribution is 7.84. The van der Waals surface area contributed by atoms with Crippen molar-refractivity contribution < 1.29 is 22.1 Å². The van der Waals surface area contributed by atoms with E-state index in [1.165, 1.54) is 14.2 Å². The fourth-order valence-corrected chi connectivity index (χ4v) is 2.06. The van der Waals surface area contributed by atoms with Crippen molar-refractivity contribution in [2.24, 2.45) is 0 Å². The number of carbonyl (C=O) groups excluding carboxylic acids is 1. The maximum Gasteiger partial charge on any atom is 0.338 e. The van der Waals surface area contributed by atoms with E-state index in [0.29, 0.717) is 6.42 Å². The van der Waals surface area contributed by atoms with Crippen LogP contribution in [0.5, 0.6) is 0 Å². The third-order valence-electron chi connectivity index (χ3n) is 1.89. The quantitative estimate of drug-likeness (QED) is 0.525. The smallest absolute Gasteiger partial charge is 0.338 e. The van der Waals surface area contributed by atoms with Gasteiger partial charge in [0.1, 0.15) is 6.04 Å². The largest absolute Gasteiger partial charge is 0.468 e. The van der Waals surface area contributed by atoms with Gasteiger partial charge in [-0.2, -0.15) is 12.7 Å². The minimum atomic E-state index is -3.73. The minimum Gasteiger partial charge on any atom is -0.468 e. The molecule has 0 aromatic carbocycles. The van der Waals surface area contributed by atoms with Gasteiger partial charge in [-0.1, -0.05) is 0 Å². The first kappa shape index (κ1) is 10.4. The number of nitrogens with zero attached hydrogens (tertiary/aromatic N) is 1. The molecule has 1 fully saturated rings. The van der Waals surface area contributed by atoms with Crippen molar-refractivity contribution in [3.05, 3.63) is 0 Å². The average Bonchev–Trinajstić information content (AvgIpc) is 2.08. The predicted molar refractivity (Wildman–Crippen MR) is 43.1 cm³/mol. The summed E-state index contributed by atoms with van der Waals surface area (Å²) >= 11 is 0. The van der Waals surface area contributed by atoms with Gasteiger partial charge < -0.3 is 4.74 Å². The molecule has 0 aromatic heterocycles. The highest BCUT2D eigenvalue weighted by atomic mass is 32.2. The van der Waals surface area contributed by atoms with Gasteiger partial charge in [0.05, 0.1) is 13.7 Å². The summed E-state index contributed by atoms with van der Waals surface area (Å²) in [6.45, 7) is 0.0203.